The molecule has 4 bridgehead atoms. The van der Waals surface area contributed by atoms with Crippen LogP contribution in [0.3, 0.4) is 0 Å². The van der Waals surface area contributed by atoms with Crippen molar-refractivity contribution in [2.45, 2.75) is 0 Å². The second-order valence-corrected chi connectivity index (χ2v) is 4.19. The van der Waals surface area contributed by atoms with Crippen molar-refractivity contribution in [2.24, 2.45) is 0 Å². The number of rotatable bonds is 1. The summed E-state index contributed by atoms with van der Waals surface area (Å²) >= 11 is 0. The molecule has 0 aliphatic heterocycles. The maximum atomic E-state index is 11.1. The predicted octanol–water partition coefficient (Wildman–Crippen LogP) is 3.53. The first-order valence-electron chi connectivity index (χ1n) is 5.85. The van der Waals surface area contributed by atoms with Gasteiger partial charge in [-0.25, -0.2) is 0 Å². The minimum atomic E-state index is -0.566. The number of carbonyl (C=O) groups is 1. The highest BCUT2D eigenvalue weighted by molar-refractivity contribution is 5.89. The molecule has 0 saturated carbocycles. The third-order valence-electron chi connectivity index (χ3n) is 2.85. The van der Waals surface area contributed by atoms with Crippen LogP contribution in [0.15, 0.2) is 51.3 Å². The molecule has 5 heteroatoms. The highest BCUT2D eigenvalue weighted by Crippen LogP contribution is 2.30. The Balaban J connectivity index is 2.52. The van der Waals surface area contributed by atoms with E-state index in [-0.39, 0.29) is 11.1 Å². The Morgan fingerprint density at radius 2 is 1.45 bits per heavy atom. The summed E-state index contributed by atoms with van der Waals surface area (Å²) in [7, 11) is 0. The maximum Gasteiger partial charge on any atom is 0.172 e. The second-order valence-electron chi connectivity index (χ2n) is 4.19. The van der Waals surface area contributed by atoms with Gasteiger partial charge in [-0.2, -0.15) is 0 Å². The Labute approximate surface area is 113 Å². The Hall–Kier alpha value is -2.95. The first kappa shape index (κ1) is 12.1. The first-order valence-corrected chi connectivity index (χ1v) is 5.85. The van der Waals surface area contributed by atoms with Gasteiger partial charge in [0.25, 0.3) is 0 Å². The smallest absolute Gasteiger partial charge is 0.172 e. The van der Waals surface area contributed by atoms with Crippen molar-refractivity contribution in [3.05, 3.63) is 48.0 Å². The van der Waals surface area contributed by atoms with Gasteiger partial charge in [-0.3, -0.25) is 4.79 Å². The van der Waals surface area contributed by atoms with E-state index in [9.17, 15) is 15.0 Å². The molecule has 0 spiro atoms. The van der Waals surface area contributed by atoms with Crippen molar-refractivity contribution in [1.29, 1.82) is 0 Å². The molecular weight excluding hydrogens is 260 g/mol. The van der Waals surface area contributed by atoms with Crippen LogP contribution in [-0.4, -0.2) is 16.5 Å². The zero-order valence-electron chi connectivity index (χ0n) is 10.2. The quantitative estimate of drug-likeness (QED) is 0.661. The second kappa shape index (κ2) is 4.62. The average molecular weight is 270 g/mol. The van der Waals surface area contributed by atoms with Gasteiger partial charge in [0.2, 0.25) is 0 Å². The summed E-state index contributed by atoms with van der Waals surface area (Å²) in [5.74, 6) is -1.04. The third-order valence-corrected chi connectivity index (χ3v) is 2.85. The minimum absolute atomic E-state index is 0.134. The van der Waals surface area contributed by atoms with E-state index in [1.807, 2.05) is 0 Å². The van der Waals surface area contributed by atoms with Gasteiger partial charge in [-0.1, -0.05) is 0 Å². The normalized spacial score (nSPS) is 10.6. The fourth-order valence-electron chi connectivity index (χ4n) is 1.86. The monoisotopic (exact) mass is 270 g/mol. The molecule has 0 saturated heterocycles. The summed E-state index contributed by atoms with van der Waals surface area (Å²) in [6.07, 6.45) is 0.422. The lowest BCUT2D eigenvalue weighted by molar-refractivity contribution is 0.112. The number of fused-ring (bicyclic) bond motifs is 4. The van der Waals surface area contributed by atoms with Gasteiger partial charge in [-0.05, 0) is 36.4 Å². The predicted molar refractivity (Wildman–Crippen MR) is 72.3 cm³/mol. The molecule has 5 nitrogen and oxygen atoms in total. The van der Waals surface area contributed by atoms with Crippen LogP contribution in [0.5, 0.6) is 11.5 Å². The minimum Gasteiger partial charge on any atom is -0.504 e. The van der Waals surface area contributed by atoms with Crippen molar-refractivity contribution in [2.75, 3.05) is 0 Å². The van der Waals surface area contributed by atoms with E-state index in [1.54, 1.807) is 30.3 Å². The lowest BCUT2D eigenvalue weighted by Crippen LogP contribution is -1.79. The van der Waals surface area contributed by atoms with E-state index in [2.05, 4.69) is 0 Å². The number of carbonyl (C=O) groups excluding carboxylic acids is 1. The summed E-state index contributed by atoms with van der Waals surface area (Å²) in [4.78, 5) is 11.1. The number of aromatic hydroxyl groups is 2. The van der Waals surface area contributed by atoms with Gasteiger partial charge in [0.1, 0.15) is 27.9 Å². The lowest BCUT2D eigenvalue weighted by Gasteiger charge is -1.95. The van der Waals surface area contributed by atoms with E-state index < -0.39 is 11.5 Å². The number of hydrogen-bond acceptors (Lipinski definition) is 5. The highest BCUT2D eigenvalue weighted by Gasteiger charge is 2.08. The van der Waals surface area contributed by atoms with Crippen LogP contribution < -0.4 is 0 Å². The average Bonchev–Trinajstić information content (AvgIpc) is 3.06. The van der Waals surface area contributed by atoms with E-state index >= 15 is 0 Å². The van der Waals surface area contributed by atoms with Crippen molar-refractivity contribution < 1.29 is 23.8 Å². The molecule has 0 atom stereocenters. The van der Waals surface area contributed by atoms with Gasteiger partial charge in [0.05, 0.1) is 0 Å². The standard InChI is InChI=1S/C15H10O5/c16-8-12-14-6-5-10(20-14)2-1-9-3-4-11(19-9)7-13(17)15(12)18/h1-8,17-18H. The first-order chi connectivity index (χ1) is 9.67. The molecule has 20 heavy (non-hydrogen) atoms. The van der Waals surface area contributed by atoms with Crippen LogP contribution in [0.1, 0.15) is 10.4 Å². The van der Waals surface area contributed by atoms with Crippen molar-refractivity contribution >= 4 is 28.6 Å². The summed E-state index contributed by atoms with van der Waals surface area (Å²) in [5.41, 5.74) is 1.46. The molecule has 2 N–H and O–H groups in total. The van der Waals surface area contributed by atoms with Gasteiger partial charge in [0.15, 0.2) is 17.8 Å². The topological polar surface area (TPSA) is 83.8 Å². The van der Waals surface area contributed by atoms with Crippen molar-refractivity contribution in [3.63, 3.8) is 0 Å². The van der Waals surface area contributed by atoms with E-state index in [4.69, 9.17) is 8.83 Å². The molecule has 3 aromatic rings. The summed E-state index contributed by atoms with van der Waals surface area (Å²) in [6.45, 7) is 0. The number of hydrogen-bond donors (Lipinski definition) is 2. The summed E-state index contributed by atoms with van der Waals surface area (Å²) in [6, 6.07) is 11.1. The molecule has 3 aromatic heterocycles. The van der Waals surface area contributed by atoms with Gasteiger partial charge in [0, 0.05) is 6.07 Å². The van der Waals surface area contributed by atoms with Crippen LogP contribution in [0.2, 0.25) is 0 Å². The molecule has 3 heterocycles. The van der Waals surface area contributed by atoms with Crippen LogP contribution in [-0.2, 0) is 0 Å². The number of aldehydes is 1. The molecule has 0 aromatic carbocycles. The molecule has 0 amide bonds. The SMILES string of the molecule is O=Cc1c(O)c(O)cc2ccc(ccc3ccc1o3)o2. The van der Waals surface area contributed by atoms with Gasteiger partial charge >= 0.3 is 0 Å². The highest BCUT2D eigenvalue weighted by atomic mass is 16.3. The molecular formula is C15H10O5. The van der Waals surface area contributed by atoms with E-state index in [0.29, 0.717) is 23.0 Å². The van der Waals surface area contributed by atoms with Crippen LogP contribution in [0.4, 0.5) is 0 Å². The van der Waals surface area contributed by atoms with Crippen LogP contribution >= 0.6 is 0 Å². The third kappa shape index (κ3) is 2.05. The fourth-order valence-corrected chi connectivity index (χ4v) is 1.86. The summed E-state index contributed by atoms with van der Waals surface area (Å²) < 4.78 is 10.8. The van der Waals surface area contributed by atoms with E-state index in [1.165, 1.54) is 12.1 Å². The Kier molecular flexibility index (Phi) is 2.80. The van der Waals surface area contributed by atoms with Crippen molar-refractivity contribution in [1.82, 2.24) is 0 Å². The zero-order chi connectivity index (χ0) is 14.1. The largest absolute Gasteiger partial charge is 0.504 e. The molecule has 0 aliphatic rings. The van der Waals surface area contributed by atoms with Gasteiger partial charge in [-0.15, -0.1) is 0 Å². The fraction of sp³-hybridized carbons (Fsp3) is 0. The van der Waals surface area contributed by atoms with E-state index in [0.717, 1.165) is 0 Å². The Morgan fingerprint density at radius 3 is 2.15 bits per heavy atom. The van der Waals surface area contributed by atoms with Crippen LogP contribution in [0, 0.1) is 0 Å². The Morgan fingerprint density at radius 1 is 0.850 bits per heavy atom. The van der Waals surface area contributed by atoms with Gasteiger partial charge < -0.3 is 19.0 Å². The Bertz CT molecular complexity index is 855. The molecule has 0 fully saturated rings. The van der Waals surface area contributed by atoms with Crippen LogP contribution in [0.25, 0.3) is 22.3 Å². The maximum absolute atomic E-state index is 11.1. The molecule has 3 rings (SSSR count). The zero-order valence-corrected chi connectivity index (χ0v) is 10.2. The summed E-state index contributed by atoms with van der Waals surface area (Å²) in [5, 5.41) is 19.8. The molecule has 0 radical (unpaired) electrons. The number of furan rings is 2. The lowest BCUT2D eigenvalue weighted by atomic mass is 10.2. The molecule has 100 valence electrons. The molecule has 0 unspecified atom stereocenters. The molecule has 0 aliphatic carbocycles. The van der Waals surface area contributed by atoms with Crippen molar-refractivity contribution in [3.8, 4) is 11.5 Å².